The third-order valence-corrected chi connectivity index (χ3v) is 6.12. The third-order valence-electron chi connectivity index (χ3n) is 5.53. The van der Waals surface area contributed by atoms with Crippen molar-refractivity contribution in [3.63, 3.8) is 0 Å². The standard InChI is InChI=1S/C27H33N3O7S/c1-38(34,35)30-24-16-21(7-10-25(24)31)26(32)17-29-12-11-19-5-8-23(9-6-19)37-14-13-36-18-20-3-2-4-22(15-20)27(28)33/h2-10,15-16,26,29-32H,11-14,17-18H2,1H3,(H2,28,33)/t26-/m0/s1. The van der Waals surface area contributed by atoms with Gasteiger partial charge in [-0.3, -0.25) is 9.52 Å². The molecule has 3 rings (SSSR count). The molecule has 11 heteroatoms. The summed E-state index contributed by atoms with van der Waals surface area (Å²) in [4.78, 5) is 11.2. The summed E-state index contributed by atoms with van der Waals surface area (Å²) >= 11 is 0. The van der Waals surface area contributed by atoms with E-state index in [1.165, 1.54) is 12.1 Å². The van der Waals surface area contributed by atoms with Gasteiger partial charge in [0.15, 0.2) is 0 Å². The summed E-state index contributed by atoms with van der Waals surface area (Å²) in [6, 6.07) is 19.0. The van der Waals surface area contributed by atoms with Crippen LogP contribution in [0.2, 0.25) is 0 Å². The molecule has 204 valence electrons. The lowest BCUT2D eigenvalue weighted by atomic mass is 10.1. The van der Waals surface area contributed by atoms with E-state index in [0.29, 0.717) is 37.5 Å². The zero-order chi connectivity index (χ0) is 27.5. The Labute approximate surface area is 222 Å². The van der Waals surface area contributed by atoms with E-state index in [9.17, 15) is 23.4 Å². The van der Waals surface area contributed by atoms with Gasteiger partial charge < -0.3 is 30.7 Å². The fraction of sp³-hybridized carbons (Fsp3) is 0.296. The molecule has 0 aliphatic heterocycles. The molecule has 0 spiro atoms. The minimum absolute atomic E-state index is 0.0212. The molecule has 6 N–H and O–H groups in total. The van der Waals surface area contributed by atoms with Crippen LogP contribution in [0, 0.1) is 0 Å². The number of ether oxygens (including phenoxy) is 2. The number of anilines is 1. The van der Waals surface area contributed by atoms with Crippen LogP contribution in [0.3, 0.4) is 0 Å². The Morgan fingerprint density at radius 1 is 1.03 bits per heavy atom. The van der Waals surface area contributed by atoms with Gasteiger partial charge in [0, 0.05) is 12.1 Å². The first-order chi connectivity index (χ1) is 18.1. The molecule has 0 bridgehead atoms. The average molecular weight is 544 g/mol. The second-order valence-corrected chi connectivity index (χ2v) is 10.5. The van der Waals surface area contributed by atoms with E-state index in [-0.39, 0.29) is 18.0 Å². The Balaban J connectivity index is 1.34. The Morgan fingerprint density at radius 3 is 2.50 bits per heavy atom. The molecule has 10 nitrogen and oxygen atoms in total. The van der Waals surface area contributed by atoms with E-state index in [0.717, 1.165) is 29.6 Å². The van der Waals surface area contributed by atoms with Gasteiger partial charge in [-0.25, -0.2) is 8.42 Å². The molecule has 0 saturated heterocycles. The molecule has 0 fully saturated rings. The molecule has 1 amide bonds. The highest BCUT2D eigenvalue weighted by molar-refractivity contribution is 7.92. The number of amides is 1. The van der Waals surface area contributed by atoms with Crippen LogP contribution in [0.4, 0.5) is 5.69 Å². The fourth-order valence-corrected chi connectivity index (χ4v) is 4.17. The lowest BCUT2D eigenvalue weighted by Crippen LogP contribution is -2.24. The number of aliphatic hydroxyl groups excluding tert-OH is 1. The quantitative estimate of drug-likeness (QED) is 0.144. The van der Waals surface area contributed by atoms with Crippen LogP contribution in [0.15, 0.2) is 66.7 Å². The number of aromatic hydroxyl groups is 1. The van der Waals surface area contributed by atoms with Crippen molar-refractivity contribution >= 4 is 21.6 Å². The monoisotopic (exact) mass is 543 g/mol. The summed E-state index contributed by atoms with van der Waals surface area (Å²) in [7, 11) is -3.55. The first-order valence-electron chi connectivity index (χ1n) is 12.0. The highest BCUT2D eigenvalue weighted by Crippen LogP contribution is 2.27. The maximum atomic E-state index is 11.4. The number of aliphatic hydroxyl groups is 1. The molecule has 1 atom stereocenters. The maximum absolute atomic E-state index is 11.4. The molecular formula is C27H33N3O7S. The van der Waals surface area contributed by atoms with Gasteiger partial charge in [0.2, 0.25) is 15.9 Å². The molecule has 0 radical (unpaired) electrons. The molecule has 0 heterocycles. The highest BCUT2D eigenvalue weighted by atomic mass is 32.2. The van der Waals surface area contributed by atoms with Gasteiger partial charge in [0.05, 0.1) is 31.3 Å². The van der Waals surface area contributed by atoms with Crippen LogP contribution in [0.5, 0.6) is 11.5 Å². The van der Waals surface area contributed by atoms with Gasteiger partial charge in [-0.2, -0.15) is 0 Å². The van der Waals surface area contributed by atoms with Crippen LogP contribution < -0.4 is 20.5 Å². The third kappa shape index (κ3) is 9.67. The minimum atomic E-state index is -3.55. The van der Waals surface area contributed by atoms with Crippen LogP contribution in [-0.4, -0.2) is 57.1 Å². The SMILES string of the molecule is CS(=O)(=O)Nc1cc([C@@H](O)CNCCc2ccc(OCCOCc3cccc(C(N)=O)c3)cc2)ccc1O. The topological polar surface area (TPSA) is 160 Å². The van der Waals surface area contributed by atoms with E-state index in [4.69, 9.17) is 15.2 Å². The van der Waals surface area contributed by atoms with Crippen molar-refractivity contribution in [3.8, 4) is 11.5 Å². The number of hydrogen-bond acceptors (Lipinski definition) is 8. The number of carbonyl (C=O) groups excluding carboxylic acids is 1. The van der Waals surface area contributed by atoms with Crippen molar-refractivity contribution in [2.75, 3.05) is 37.3 Å². The maximum Gasteiger partial charge on any atom is 0.248 e. The second kappa shape index (κ2) is 13.8. The lowest BCUT2D eigenvalue weighted by Gasteiger charge is -2.15. The molecule has 0 aliphatic carbocycles. The molecule has 38 heavy (non-hydrogen) atoms. The summed E-state index contributed by atoms with van der Waals surface area (Å²) < 4.78 is 36.4. The molecule has 3 aromatic carbocycles. The first kappa shape index (κ1) is 28.9. The number of nitrogens with one attached hydrogen (secondary N) is 2. The predicted molar refractivity (Wildman–Crippen MR) is 145 cm³/mol. The van der Waals surface area contributed by atoms with Crippen LogP contribution in [0.1, 0.15) is 33.2 Å². The van der Waals surface area contributed by atoms with Crippen molar-refractivity contribution in [1.29, 1.82) is 0 Å². The van der Waals surface area contributed by atoms with Gasteiger partial charge in [0.25, 0.3) is 0 Å². The van der Waals surface area contributed by atoms with E-state index < -0.39 is 22.0 Å². The smallest absolute Gasteiger partial charge is 0.248 e. The summed E-state index contributed by atoms with van der Waals surface area (Å²) in [6.45, 7) is 2.01. The predicted octanol–water partition coefficient (Wildman–Crippen LogP) is 2.32. The number of rotatable bonds is 15. The first-order valence-corrected chi connectivity index (χ1v) is 13.9. The average Bonchev–Trinajstić information content (AvgIpc) is 2.87. The van der Waals surface area contributed by atoms with E-state index in [2.05, 4.69) is 10.0 Å². The van der Waals surface area contributed by atoms with E-state index in [1.807, 2.05) is 30.3 Å². The molecule has 0 aliphatic rings. The largest absolute Gasteiger partial charge is 0.506 e. The Hall–Kier alpha value is -3.64. The van der Waals surface area contributed by atoms with Gasteiger partial charge in [0.1, 0.15) is 18.1 Å². The fourth-order valence-electron chi connectivity index (χ4n) is 3.61. The zero-order valence-electron chi connectivity index (χ0n) is 21.1. The Morgan fingerprint density at radius 2 is 1.79 bits per heavy atom. The number of nitrogens with two attached hydrogens (primary N) is 1. The van der Waals surface area contributed by atoms with Crippen LogP contribution in [-0.2, 0) is 27.8 Å². The molecule has 0 unspecified atom stereocenters. The molecule has 0 aromatic heterocycles. The van der Waals surface area contributed by atoms with Crippen molar-refractivity contribution in [1.82, 2.24) is 5.32 Å². The summed E-state index contributed by atoms with van der Waals surface area (Å²) in [5.74, 6) is 0.0369. The van der Waals surface area contributed by atoms with E-state index in [1.54, 1.807) is 24.3 Å². The highest BCUT2D eigenvalue weighted by Gasteiger charge is 2.13. The number of phenols is 1. The second-order valence-electron chi connectivity index (χ2n) is 8.73. The van der Waals surface area contributed by atoms with Gasteiger partial charge in [-0.1, -0.05) is 30.3 Å². The molecule has 0 saturated carbocycles. The van der Waals surface area contributed by atoms with Gasteiger partial charge in [-0.15, -0.1) is 0 Å². The van der Waals surface area contributed by atoms with E-state index >= 15 is 0 Å². The number of primary amides is 1. The number of hydrogen-bond donors (Lipinski definition) is 5. The number of sulfonamides is 1. The number of phenolic OH excluding ortho intramolecular Hbond substituents is 1. The summed E-state index contributed by atoms with van der Waals surface area (Å²) in [5.41, 5.74) is 8.19. The lowest BCUT2D eigenvalue weighted by molar-refractivity contribution is 0.0887. The summed E-state index contributed by atoms with van der Waals surface area (Å²) in [6.07, 6.45) is 0.846. The van der Waals surface area contributed by atoms with Crippen LogP contribution >= 0.6 is 0 Å². The van der Waals surface area contributed by atoms with Crippen molar-refractivity contribution in [2.24, 2.45) is 5.73 Å². The molecule has 3 aromatic rings. The van der Waals surface area contributed by atoms with Crippen molar-refractivity contribution in [2.45, 2.75) is 19.1 Å². The Kier molecular flexibility index (Phi) is 10.5. The van der Waals surface area contributed by atoms with Gasteiger partial charge in [-0.05, 0) is 66.1 Å². The number of benzene rings is 3. The van der Waals surface area contributed by atoms with Crippen LogP contribution in [0.25, 0.3) is 0 Å². The minimum Gasteiger partial charge on any atom is -0.506 e. The summed E-state index contributed by atoms with van der Waals surface area (Å²) in [5, 5.41) is 23.4. The van der Waals surface area contributed by atoms with Crippen molar-refractivity contribution in [3.05, 3.63) is 89.0 Å². The number of carbonyl (C=O) groups is 1. The normalized spacial score (nSPS) is 12.2. The zero-order valence-corrected chi connectivity index (χ0v) is 21.9. The Bertz CT molecular complexity index is 1310. The van der Waals surface area contributed by atoms with Crippen molar-refractivity contribution < 1.29 is 32.9 Å². The van der Waals surface area contributed by atoms with Gasteiger partial charge >= 0.3 is 0 Å². The molecular weight excluding hydrogens is 510 g/mol.